The standard InChI is InChI=1S/C18H16S2/c1-3-5-11-19-17-9-7-16-14-18(20-12-6-4-2)10-8-15(16)13-17/h1-2,7-10,13-14H,5-6,11-12H2. The molecule has 0 heterocycles. The van der Waals surface area contributed by atoms with Crippen LogP contribution in [0.2, 0.25) is 0 Å². The normalized spacial score (nSPS) is 10.1. The summed E-state index contributed by atoms with van der Waals surface area (Å²) in [7, 11) is 0. The van der Waals surface area contributed by atoms with Gasteiger partial charge in [0.15, 0.2) is 0 Å². The highest BCUT2D eigenvalue weighted by molar-refractivity contribution is 7.99. The monoisotopic (exact) mass is 296 g/mol. The number of hydrogen-bond acceptors (Lipinski definition) is 2. The first-order chi connectivity index (χ1) is 9.83. The molecule has 100 valence electrons. The van der Waals surface area contributed by atoms with Crippen LogP contribution >= 0.6 is 23.5 Å². The topological polar surface area (TPSA) is 0 Å². The lowest BCUT2D eigenvalue weighted by molar-refractivity contribution is 1.29. The summed E-state index contributed by atoms with van der Waals surface area (Å²) in [5, 5.41) is 2.55. The van der Waals surface area contributed by atoms with Gasteiger partial charge in [-0.3, -0.25) is 0 Å². The van der Waals surface area contributed by atoms with Gasteiger partial charge >= 0.3 is 0 Å². The van der Waals surface area contributed by atoms with Gasteiger partial charge in [0.05, 0.1) is 0 Å². The van der Waals surface area contributed by atoms with Gasteiger partial charge in [0.25, 0.3) is 0 Å². The van der Waals surface area contributed by atoms with E-state index in [1.54, 1.807) is 0 Å². The summed E-state index contributed by atoms with van der Waals surface area (Å²) in [5.41, 5.74) is 0. The van der Waals surface area contributed by atoms with Gasteiger partial charge < -0.3 is 0 Å². The molecule has 0 nitrogen and oxygen atoms in total. The van der Waals surface area contributed by atoms with Crippen LogP contribution in [0.25, 0.3) is 10.8 Å². The number of terminal acetylenes is 2. The van der Waals surface area contributed by atoms with Gasteiger partial charge in [-0.05, 0) is 35.0 Å². The Morgan fingerprint density at radius 2 is 1.20 bits per heavy atom. The zero-order valence-electron chi connectivity index (χ0n) is 11.3. The number of fused-ring (bicyclic) bond motifs is 1. The zero-order valence-corrected chi connectivity index (χ0v) is 12.9. The quantitative estimate of drug-likeness (QED) is 0.414. The molecule has 2 rings (SSSR count). The molecule has 0 atom stereocenters. The molecule has 0 fully saturated rings. The summed E-state index contributed by atoms with van der Waals surface area (Å²) in [6, 6.07) is 13.1. The third kappa shape index (κ3) is 4.27. The molecular weight excluding hydrogens is 280 g/mol. The first-order valence-electron chi connectivity index (χ1n) is 6.50. The van der Waals surface area contributed by atoms with E-state index >= 15 is 0 Å². The molecule has 0 spiro atoms. The van der Waals surface area contributed by atoms with Crippen LogP contribution in [-0.4, -0.2) is 11.5 Å². The van der Waals surface area contributed by atoms with Crippen molar-refractivity contribution in [1.29, 1.82) is 0 Å². The number of hydrogen-bond donors (Lipinski definition) is 0. The van der Waals surface area contributed by atoms with Crippen molar-refractivity contribution in [1.82, 2.24) is 0 Å². The van der Waals surface area contributed by atoms with Crippen LogP contribution in [-0.2, 0) is 0 Å². The molecule has 0 unspecified atom stereocenters. The molecule has 0 N–H and O–H groups in total. The molecule has 2 aromatic carbocycles. The molecule has 0 bridgehead atoms. The fourth-order valence-electron chi connectivity index (χ4n) is 1.84. The van der Waals surface area contributed by atoms with E-state index in [0.717, 1.165) is 24.3 Å². The maximum Gasteiger partial charge on any atom is 0.0180 e. The van der Waals surface area contributed by atoms with Crippen LogP contribution in [0.1, 0.15) is 12.8 Å². The number of benzene rings is 2. The van der Waals surface area contributed by atoms with E-state index in [9.17, 15) is 0 Å². The van der Waals surface area contributed by atoms with E-state index in [-0.39, 0.29) is 0 Å². The molecule has 0 saturated heterocycles. The Labute approximate surface area is 129 Å². The van der Waals surface area contributed by atoms with Crippen molar-refractivity contribution in [3.63, 3.8) is 0 Å². The van der Waals surface area contributed by atoms with Crippen LogP contribution in [0.5, 0.6) is 0 Å². The number of rotatable bonds is 6. The van der Waals surface area contributed by atoms with E-state index < -0.39 is 0 Å². The first kappa shape index (κ1) is 14.9. The second kappa shape index (κ2) is 7.95. The van der Waals surface area contributed by atoms with Gasteiger partial charge in [-0.25, -0.2) is 0 Å². The average Bonchev–Trinajstić information content (AvgIpc) is 2.48. The largest absolute Gasteiger partial charge is 0.125 e. The van der Waals surface area contributed by atoms with Crippen molar-refractivity contribution in [3.05, 3.63) is 36.4 Å². The highest BCUT2D eigenvalue weighted by Crippen LogP contribution is 2.28. The van der Waals surface area contributed by atoms with Crippen LogP contribution in [0, 0.1) is 24.7 Å². The maximum absolute atomic E-state index is 5.27. The van der Waals surface area contributed by atoms with Gasteiger partial charge in [0, 0.05) is 34.1 Å². The zero-order chi connectivity index (χ0) is 14.2. The third-order valence-corrected chi connectivity index (χ3v) is 4.80. The Morgan fingerprint density at radius 3 is 1.60 bits per heavy atom. The molecule has 0 aliphatic rings. The summed E-state index contributed by atoms with van der Waals surface area (Å²) in [5.74, 6) is 7.29. The minimum atomic E-state index is 0.813. The van der Waals surface area contributed by atoms with Crippen molar-refractivity contribution in [2.75, 3.05) is 11.5 Å². The third-order valence-electron chi connectivity index (χ3n) is 2.81. The Morgan fingerprint density at radius 1 is 0.750 bits per heavy atom. The predicted octanol–water partition coefficient (Wildman–Crippen LogP) is 5.07. The highest BCUT2D eigenvalue weighted by Gasteiger charge is 2.00. The summed E-state index contributed by atoms with van der Waals surface area (Å²) < 4.78 is 0. The van der Waals surface area contributed by atoms with Gasteiger partial charge in [0.2, 0.25) is 0 Å². The Balaban J connectivity index is 2.09. The molecule has 0 amide bonds. The molecule has 0 saturated carbocycles. The SMILES string of the molecule is C#CCCSc1ccc2cc(SCCC#C)ccc2c1. The fourth-order valence-corrected chi connectivity index (χ4v) is 3.50. The summed E-state index contributed by atoms with van der Waals surface area (Å²) >= 11 is 3.62. The van der Waals surface area contributed by atoms with Crippen molar-refractivity contribution in [3.8, 4) is 24.7 Å². The lowest BCUT2D eigenvalue weighted by atomic mass is 10.1. The molecule has 0 radical (unpaired) electrons. The molecule has 2 aromatic rings. The predicted molar refractivity (Wildman–Crippen MR) is 92.3 cm³/mol. The van der Waals surface area contributed by atoms with Gasteiger partial charge in [-0.1, -0.05) is 12.1 Å². The van der Waals surface area contributed by atoms with E-state index in [0.29, 0.717) is 0 Å². The summed E-state index contributed by atoms with van der Waals surface area (Å²) in [6.07, 6.45) is 12.2. The van der Waals surface area contributed by atoms with E-state index in [1.165, 1.54) is 20.6 Å². The summed E-state index contributed by atoms with van der Waals surface area (Å²) in [6.45, 7) is 0. The smallest absolute Gasteiger partial charge is 0.0180 e. The second-order valence-corrected chi connectivity index (χ2v) is 6.61. The van der Waals surface area contributed by atoms with E-state index in [1.807, 2.05) is 23.5 Å². The molecule has 0 aromatic heterocycles. The lowest BCUT2D eigenvalue weighted by Crippen LogP contribution is -1.81. The van der Waals surface area contributed by atoms with Crippen molar-refractivity contribution >= 4 is 34.3 Å². The minimum absolute atomic E-state index is 0.813. The van der Waals surface area contributed by atoms with Crippen molar-refractivity contribution in [2.24, 2.45) is 0 Å². The van der Waals surface area contributed by atoms with Crippen LogP contribution < -0.4 is 0 Å². The Bertz CT molecular complexity index is 600. The molecule has 20 heavy (non-hydrogen) atoms. The maximum atomic E-state index is 5.27. The summed E-state index contributed by atoms with van der Waals surface area (Å²) in [4.78, 5) is 2.56. The lowest BCUT2D eigenvalue weighted by Gasteiger charge is -2.05. The van der Waals surface area contributed by atoms with Crippen LogP contribution in [0.15, 0.2) is 46.2 Å². The first-order valence-corrected chi connectivity index (χ1v) is 8.47. The minimum Gasteiger partial charge on any atom is -0.125 e. The van der Waals surface area contributed by atoms with Gasteiger partial charge in [-0.2, -0.15) is 0 Å². The molecule has 0 aliphatic heterocycles. The van der Waals surface area contributed by atoms with Crippen LogP contribution in [0.3, 0.4) is 0 Å². The highest BCUT2D eigenvalue weighted by atomic mass is 32.2. The molecular formula is C18H16S2. The fraction of sp³-hybridized carbons (Fsp3) is 0.222. The van der Waals surface area contributed by atoms with E-state index in [2.05, 4.69) is 48.2 Å². The average molecular weight is 296 g/mol. The van der Waals surface area contributed by atoms with Gasteiger partial charge in [0.1, 0.15) is 0 Å². The molecule has 2 heteroatoms. The van der Waals surface area contributed by atoms with E-state index in [4.69, 9.17) is 12.8 Å². The Hall–Kier alpha value is -1.48. The Kier molecular flexibility index (Phi) is 5.93. The van der Waals surface area contributed by atoms with Gasteiger partial charge in [-0.15, -0.1) is 48.2 Å². The van der Waals surface area contributed by atoms with Crippen molar-refractivity contribution in [2.45, 2.75) is 22.6 Å². The van der Waals surface area contributed by atoms with Crippen LogP contribution in [0.4, 0.5) is 0 Å². The van der Waals surface area contributed by atoms with Crippen molar-refractivity contribution < 1.29 is 0 Å². The molecule has 0 aliphatic carbocycles. The second-order valence-electron chi connectivity index (χ2n) is 4.28. The number of thioether (sulfide) groups is 2.